The quantitative estimate of drug-likeness (QED) is 0.661. The van der Waals surface area contributed by atoms with Crippen LogP contribution in [0.1, 0.15) is 41.0 Å². The molecule has 0 rings (SSSR count). The van der Waals surface area contributed by atoms with Crippen molar-refractivity contribution in [2.75, 3.05) is 13.6 Å². The van der Waals surface area contributed by atoms with Gasteiger partial charge in [-0.1, -0.05) is 41.0 Å². The molecule has 1 unspecified atom stereocenters. The third kappa shape index (κ3) is 4.30. The molecule has 0 aromatic rings. The molecule has 0 N–H and O–H groups in total. The summed E-state index contributed by atoms with van der Waals surface area (Å²) in [6.45, 7) is 11.1. The average Bonchev–Trinajstić information content (AvgIpc) is 2.01. The molecule has 78 valence electrons. The molecule has 0 aliphatic heterocycles. The first-order valence-electron chi connectivity index (χ1n) is 5.04. The number of carbonyl (C=O) groups is 1. The molecule has 0 saturated carbocycles. The molecule has 1 atom stereocenters. The maximum absolute atomic E-state index is 11.7. The molecule has 0 heterocycles. The Balaban J connectivity index is 4.12. The van der Waals surface area contributed by atoms with Gasteiger partial charge in [0.1, 0.15) is 0 Å². The zero-order valence-corrected chi connectivity index (χ0v) is 9.85. The first-order valence-corrected chi connectivity index (χ1v) is 5.04. The molecule has 0 fully saturated rings. The molecular formula is C11H23NO. The molecule has 0 spiro atoms. The summed E-state index contributed by atoms with van der Waals surface area (Å²) in [5, 5.41) is 0. The molecular weight excluding hydrogens is 162 g/mol. The van der Waals surface area contributed by atoms with Gasteiger partial charge in [-0.05, 0) is 5.92 Å². The second kappa shape index (κ2) is 4.64. The van der Waals surface area contributed by atoms with E-state index in [0.717, 1.165) is 13.0 Å². The number of hydrogen-bond donors (Lipinski definition) is 0. The second-order valence-corrected chi connectivity index (χ2v) is 4.95. The van der Waals surface area contributed by atoms with Crippen molar-refractivity contribution >= 4 is 5.91 Å². The summed E-state index contributed by atoms with van der Waals surface area (Å²) in [6, 6.07) is 0. The van der Waals surface area contributed by atoms with E-state index in [1.54, 1.807) is 0 Å². The minimum atomic E-state index is -0.248. The molecule has 0 aromatic heterocycles. The number of nitrogens with zero attached hydrogens (tertiary/aromatic N) is 1. The van der Waals surface area contributed by atoms with Gasteiger partial charge in [-0.25, -0.2) is 0 Å². The van der Waals surface area contributed by atoms with Crippen molar-refractivity contribution in [3.05, 3.63) is 0 Å². The Hall–Kier alpha value is -0.530. The minimum Gasteiger partial charge on any atom is -0.345 e. The highest BCUT2D eigenvalue weighted by atomic mass is 16.2. The predicted molar refractivity (Wildman–Crippen MR) is 56.5 cm³/mol. The second-order valence-electron chi connectivity index (χ2n) is 4.95. The summed E-state index contributed by atoms with van der Waals surface area (Å²) in [5.41, 5.74) is -0.248. The van der Waals surface area contributed by atoms with Gasteiger partial charge in [-0.3, -0.25) is 4.79 Å². The Labute approximate surface area is 82.3 Å². The highest BCUT2D eigenvalue weighted by Gasteiger charge is 2.25. The zero-order valence-electron chi connectivity index (χ0n) is 9.85. The lowest BCUT2D eigenvalue weighted by atomic mass is 9.94. The van der Waals surface area contributed by atoms with Crippen molar-refractivity contribution in [1.29, 1.82) is 0 Å². The van der Waals surface area contributed by atoms with Crippen molar-refractivity contribution in [1.82, 2.24) is 4.90 Å². The van der Waals surface area contributed by atoms with Crippen molar-refractivity contribution in [2.24, 2.45) is 11.3 Å². The van der Waals surface area contributed by atoms with Crippen LogP contribution in [0.5, 0.6) is 0 Å². The fraction of sp³-hybridized carbons (Fsp3) is 0.909. The third-order valence-electron chi connectivity index (χ3n) is 2.27. The Bertz CT molecular complexity index is 169. The van der Waals surface area contributed by atoms with Crippen molar-refractivity contribution in [2.45, 2.75) is 41.0 Å². The van der Waals surface area contributed by atoms with Gasteiger partial charge in [0.25, 0.3) is 0 Å². The van der Waals surface area contributed by atoms with Crippen molar-refractivity contribution < 1.29 is 4.79 Å². The van der Waals surface area contributed by atoms with Crippen LogP contribution in [0.25, 0.3) is 0 Å². The summed E-state index contributed by atoms with van der Waals surface area (Å²) in [5.74, 6) is 0.823. The van der Waals surface area contributed by atoms with E-state index in [9.17, 15) is 4.79 Å². The van der Waals surface area contributed by atoms with Crippen LogP contribution in [0.3, 0.4) is 0 Å². The lowest BCUT2D eigenvalue weighted by Crippen LogP contribution is -2.38. The molecule has 1 amide bonds. The number of rotatable bonds is 3. The highest BCUT2D eigenvalue weighted by Crippen LogP contribution is 2.17. The normalized spacial score (nSPS) is 14.0. The van der Waals surface area contributed by atoms with Gasteiger partial charge in [-0.2, -0.15) is 0 Å². The minimum absolute atomic E-state index is 0.229. The standard InChI is InChI=1S/C11H23NO/c1-7-9(2)8-12(6)10(13)11(3,4)5/h9H,7-8H2,1-6H3. The maximum atomic E-state index is 11.7. The van der Waals surface area contributed by atoms with E-state index in [2.05, 4.69) is 13.8 Å². The SMILES string of the molecule is CCC(C)CN(C)C(=O)C(C)(C)C. The fourth-order valence-electron chi connectivity index (χ4n) is 1.25. The Morgan fingerprint density at radius 3 is 2.15 bits per heavy atom. The van der Waals surface area contributed by atoms with Crippen LogP contribution in [0.15, 0.2) is 0 Å². The van der Waals surface area contributed by atoms with E-state index < -0.39 is 0 Å². The van der Waals surface area contributed by atoms with Crippen LogP contribution >= 0.6 is 0 Å². The lowest BCUT2D eigenvalue weighted by Gasteiger charge is -2.27. The van der Waals surface area contributed by atoms with E-state index in [4.69, 9.17) is 0 Å². The van der Waals surface area contributed by atoms with Gasteiger partial charge in [0, 0.05) is 19.0 Å². The summed E-state index contributed by atoms with van der Waals surface area (Å²) in [4.78, 5) is 13.6. The summed E-state index contributed by atoms with van der Waals surface area (Å²) < 4.78 is 0. The Kier molecular flexibility index (Phi) is 4.45. The monoisotopic (exact) mass is 185 g/mol. The Morgan fingerprint density at radius 2 is 1.85 bits per heavy atom. The molecule has 0 bridgehead atoms. The van der Waals surface area contributed by atoms with Gasteiger partial charge < -0.3 is 4.90 Å². The highest BCUT2D eigenvalue weighted by molar-refractivity contribution is 5.81. The molecule has 0 aliphatic rings. The molecule has 0 saturated heterocycles. The molecule has 0 radical (unpaired) electrons. The first-order chi connectivity index (χ1) is 5.79. The topological polar surface area (TPSA) is 20.3 Å². The largest absolute Gasteiger partial charge is 0.345 e. The molecule has 0 aliphatic carbocycles. The summed E-state index contributed by atoms with van der Waals surface area (Å²) in [6.07, 6.45) is 1.13. The van der Waals surface area contributed by atoms with Crippen LogP contribution in [0.4, 0.5) is 0 Å². The summed E-state index contributed by atoms with van der Waals surface area (Å²) in [7, 11) is 1.89. The predicted octanol–water partition coefficient (Wildman–Crippen LogP) is 2.54. The summed E-state index contributed by atoms with van der Waals surface area (Å²) >= 11 is 0. The van der Waals surface area contributed by atoms with Crippen molar-refractivity contribution in [3.8, 4) is 0 Å². The van der Waals surface area contributed by atoms with E-state index in [1.807, 2.05) is 32.7 Å². The van der Waals surface area contributed by atoms with E-state index in [-0.39, 0.29) is 11.3 Å². The maximum Gasteiger partial charge on any atom is 0.227 e. The van der Waals surface area contributed by atoms with E-state index in [1.165, 1.54) is 0 Å². The smallest absolute Gasteiger partial charge is 0.227 e. The van der Waals surface area contributed by atoms with Gasteiger partial charge in [0.05, 0.1) is 0 Å². The van der Waals surface area contributed by atoms with Gasteiger partial charge in [-0.15, -0.1) is 0 Å². The van der Waals surface area contributed by atoms with Crippen LogP contribution in [-0.4, -0.2) is 24.4 Å². The van der Waals surface area contributed by atoms with Gasteiger partial charge in [0.15, 0.2) is 0 Å². The van der Waals surface area contributed by atoms with Gasteiger partial charge in [0.2, 0.25) is 5.91 Å². The lowest BCUT2D eigenvalue weighted by molar-refractivity contribution is -0.138. The van der Waals surface area contributed by atoms with Gasteiger partial charge >= 0.3 is 0 Å². The molecule has 13 heavy (non-hydrogen) atoms. The zero-order chi connectivity index (χ0) is 10.6. The van der Waals surface area contributed by atoms with E-state index >= 15 is 0 Å². The molecule has 0 aromatic carbocycles. The van der Waals surface area contributed by atoms with Crippen LogP contribution in [0, 0.1) is 11.3 Å². The van der Waals surface area contributed by atoms with Crippen LogP contribution < -0.4 is 0 Å². The third-order valence-corrected chi connectivity index (χ3v) is 2.27. The van der Waals surface area contributed by atoms with E-state index in [0.29, 0.717) is 5.92 Å². The molecule has 2 heteroatoms. The fourth-order valence-corrected chi connectivity index (χ4v) is 1.25. The average molecular weight is 185 g/mol. The molecule has 2 nitrogen and oxygen atoms in total. The van der Waals surface area contributed by atoms with Crippen molar-refractivity contribution in [3.63, 3.8) is 0 Å². The Morgan fingerprint density at radius 1 is 1.38 bits per heavy atom. The number of hydrogen-bond acceptors (Lipinski definition) is 1. The first kappa shape index (κ1) is 12.5. The number of amides is 1. The number of carbonyl (C=O) groups excluding carboxylic acids is 1. The van der Waals surface area contributed by atoms with Crippen LogP contribution in [0.2, 0.25) is 0 Å². The van der Waals surface area contributed by atoms with Crippen LogP contribution in [-0.2, 0) is 4.79 Å².